The number of hydrogen-bond acceptors (Lipinski definition) is 3. The molecular formula is C16H26N2O2S. The Balaban J connectivity index is 2.02. The summed E-state index contributed by atoms with van der Waals surface area (Å²) < 4.78 is 27.8. The Hall–Kier alpha value is -1.07. The van der Waals surface area contributed by atoms with E-state index >= 15 is 0 Å². The predicted octanol–water partition coefficient (Wildman–Crippen LogP) is 3.51. The van der Waals surface area contributed by atoms with Crippen LogP contribution in [0.2, 0.25) is 0 Å². The molecule has 1 fully saturated rings. The Kier molecular flexibility index (Phi) is 6.06. The van der Waals surface area contributed by atoms with E-state index in [1.165, 1.54) is 19.3 Å². The first-order chi connectivity index (χ1) is 10.1. The van der Waals surface area contributed by atoms with Gasteiger partial charge < -0.3 is 5.32 Å². The first-order valence-electron chi connectivity index (χ1n) is 7.98. The molecule has 1 aromatic carbocycles. The van der Waals surface area contributed by atoms with Gasteiger partial charge in [-0.2, -0.15) is 0 Å². The molecule has 0 bridgehead atoms. The van der Waals surface area contributed by atoms with E-state index in [0.717, 1.165) is 37.9 Å². The number of sulfonamides is 1. The van der Waals surface area contributed by atoms with Crippen LogP contribution >= 0.6 is 0 Å². The molecule has 5 heteroatoms. The van der Waals surface area contributed by atoms with Crippen LogP contribution in [0.5, 0.6) is 0 Å². The van der Waals surface area contributed by atoms with Gasteiger partial charge in [0, 0.05) is 18.3 Å². The van der Waals surface area contributed by atoms with E-state index in [9.17, 15) is 8.42 Å². The van der Waals surface area contributed by atoms with Crippen molar-refractivity contribution in [3.05, 3.63) is 24.3 Å². The Morgan fingerprint density at radius 3 is 2.14 bits per heavy atom. The van der Waals surface area contributed by atoms with E-state index in [0.29, 0.717) is 4.90 Å². The SMILES string of the molecule is CCNc1ccc(S(=O)(=O)NC2CCCCCCC2)cc1. The number of benzene rings is 1. The lowest BCUT2D eigenvalue weighted by atomic mass is 9.97. The van der Waals surface area contributed by atoms with Crippen LogP contribution in [0.25, 0.3) is 0 Å². The van der Waals surface area contributed by atoms with Gasteiger partial charge in [-0.25, -0.2) is 13.1 Å². The van der Waals surface area contributed by atoms with Gasteiger partial charge in [0.05, 0.1) is 4.90 Å². The van der Waals surface area contributed by atoms with Crippen LogP contribution in [0.4, 0.5) is 5.69 Å². The van der Waals surface area contributed by atoms with Gasteiger partial charge in [-0.3, -0.25) is 0 Å². The van der Waals surface area contributed by atoms with Crippen molar-refractivity contribution in [2.24, 2.45) is 0 Å². The summed E-state index contributed by atoms with van der Waals surface area (Å²) in [7, 11) is -3.40. The summed E-state index contributed by atoms with van der Waals surface area (Å²) in [5.74, 6) is 0. The Morgan fingerprint density at radius 1 is 1.00 bits per heavy atom. The molecule has 2 N–H and O–H groups in total. The summed E-state index contributed by atoms with van der Waals surface area (Å²) in [6, 6.07) is 7.06. The van der Waals surface area contributed by atoms with E-state index in [-0.39, 0.29) is 6.04 Å². The molecule has 0 aromatic heterocycles. The van der Waals surface area contributed by atoms with Crippen molar-refractivity contribution in [1.29, 1.82) is 0 Å². The minimum Gasteiger partial charge on any atom is -0.385 e. The van der Waals surface area contributed by atoms with Gasteiger partial charge in [0.2, 0.25) is 10.0 Å². The maximum absolute atomic E-state index is 12.4. The summed E-state index contributed by atoms with van der Waals surface area (Å²) in [6.07, 6.45) is 7.86. The molecule has 0 heterocycles. The molecule has 0 amide bonds. The fraction of sp³-hybridized carbons (Fsp3) is 0.625. The predicted molar refractivity (Wildman–Crippen MR) is 87.0 cm³/mol. The highest BCUT2D eigenvalue weighted by atomic mass is 32.2. The minimum absolute atomic E-state index is 0.0868. The third-order valence-electron chi connectivity index (χ3n) is 3.97. The second-order valence-electron chi connectivity index (χ2n) is 5.72. The van der Waals surface area contributed by atoms with Gasteiger partial charge in [0.15, 0.2) is 0 Å². The first-order valence-corrected chi connectivity index (χ1v) is 9.46. The number of nitrogens with one attached hydrogen (secondary N) is 2. The third-order valence-corrected chi connectivity index (χ3v) is 5.51. The molecule has 1 aromatic rings. The zero-order valence-corrected chi connectivity index (χ0v) is 13.6. The standard InChI is InChI=1S/C16H26N2O2S/c1-2-17-14-10-12-16(13-11-14)21(19,20)18-15-8-6-4-3-5-7-9-15/h10-13,15,17-18H,2-9H2,1H3. The van der Waals surface area contributed by atoms with Gasteiger partial charge in [0.1, 0.15) is 0 Å². The fourth-order valence-electron chi connectivity index (χ4n) is 2.82. The quantitative estimate of drug-likeness (QED) is 0.875. The normalized spacial score (nSPS) is 18.0. The molecule has 118 valence electrons. The Labute approximate surface area is 128 Å². The average Bonchev–Trinajstić information content (AvgIpc) is 2.43. The van der Waals surface area contributed by atoms with Gasteiger partial charge in [0.25, 0.3) is 0 Å². The monoisotopic (exact) mass is 310 g/mol. The largest absolute Gasteiger partial charge is 0.385 e. The van der Waals surface area contributed by atoms with Crippen LogP contribution in [0.3, 0.4) is 0 Å². The summed E-state index contributed by atoms with van der Waals surface area (Å²) in [6.45, 7) is 2.84. The molecule has 0 atom stereocenters. The molecule has 0 saturated heterocycles. The molecule has 0 spiro atoms. The second kappa shape index (κ2) is 7.80. The van der Waals surface area contributed by atoms with Crippen molar-refractivity contribution in [2.75, 3.05) is 11.9 Å². The van der Waals surface area contributed by atoms with Crippen molar-refractivity contribution in [3.63, 3.8) is 0 Å². The second-order valence-corrected chi connectivity index (χ2v) is 7.43. The van der Waals surface area contributed by atoms with E-state index < -0.39 is 10.0 Å². The van der Waals surface area contributed by atoms with Gasteiger partial charge in [-0.1, -0.05) is 32.1 Å². The molecule has 0 radical (unpaired) electrons. The van der Waals surface area contributed by atoms with Crippen molar-refractivity contribution >= 4 is 15.7 Å². The minimum atomic E-state index is -3.40. The lowest BCUT2D eigenvalue weighted by molar-refractivity contribution is 0.426. The van der Waals surface area contributed by atoms with Crippen molar-refractivity contribution < 1.29 is 8.42 Å². The molecule has 0 unspecified atom stereocenters. The smallest absolute Gasteiger partial charge is 0.240 e. The lowest BCUT2D eigenvalue weighted by Gasteiger charge is -2.21. The summed E-state index contributed by atoms with van der Waals surface area (Å²) >= 11 is 0. The van der Waals surface area contributed by atoms with Crippen molar-refractivity contribution in [1.82, 2.24) is 4.72 Å². The van der Waals surface area contributed by atoms with Gasteiger partial charge >= 0.3 is 0 Å². The molecular weight excluding hydrogens is 284 g/mol. The van der Waals surface area contributed by atoms with Gasteiger partial charge in [-0.05, 0) is 44.0 Å². The summed E-state index contributed by atoms with van der Waals surface area (Å²) in [5, 5.41) is 3.17. The maximum Gasteiger partial charge on any atom is 0.240 e. The molecule has 21 heavy (non-hydrogen) atoms. The molecule has 4 nitrogen and oxygen atoms in total. The fourth-order valence-corrected chi connectivity index (χ4v) is 4.12. The topological polar surface area (TPSA) is 58.2 Å². The zero-order valence-electron chi connectivity index (χ0n) is 12.8. The van der Waals surface area contributed by atoms with Crippen LogP contribution in [0.1, 0.15) is 51.9 Å². The molecule has 1 saturated carbocycles. The van der Waals surface area contributed by atoms with E-state index in [1.54, 1.807) is 12.1 Å². The van der Waals surface area contributed by atoms with Crippen molar-refractivity contribution in [3.8, 4) is 0 Å². The summed E-state index contributed by atoms with van der Waals surface area (Å²) in [5.41, 5.74) is 0.947. The highest BCUT2D eigenvalue weighted by Crippen LogP contribution is 2.20. The van der Waals surface area contributed by atoms with E-state index in [2.05, 4.69) is 10.0 Å². The van der Waals surface area contributed by atoms with Crippen LogP contribution < -0.4 is 10.0 Å². The Bertz CT molecular complexity index is 518. The molecule has 0 aliphatic heterocycles. The molecule has 1 aliphatic carbocycles. The van der Waals surface area contributed by atoms with Crippen LogP contribution in [0, 0.1) is 0 Å². The first kappa shape index (κ1) is 16.3. The third kappa shape index (κ3) is 5.00. The van der Waals surface area contributed by atoms with Crippen LogP contribution in [-0.4, -0.2) is 21.0 Å². The van der Waals surface area contributed by atoms with E-state index in [4.69, 9.17) is 0 Å². The maximum atomic E-state index is 12.4. The van der Waals surface area contributed by atoms with Crippen molar-refractivity contribution in [2.45, 2.75) is 62.8 Å². The molecule has 1 aliphatic rings. The lowest BCUT2D eigenvalue weighted by Crippen LogP contribution is -2.35. The number of hydrogen-bond donors (Lipinski definition) is 2. The summed E-state index contributed by atoms with van der Waals surface area (Å²) in [4.78, 5) is 0.353. The van der Waals surface area contributed by atoms with Gasteiger partial charge in [-0.15, -0.1) is 0 Å². The average molecular weight is 310 g/mol. The number of anilines is 1. The zero-order chi connectivity index (χ0) is 15.1. The highest BCUT2D eigenvalue weighted by Gasteiger charge is 2.20. The van der Waals surface area contributed by atoms with Crippen LogP contribution in [0.15, 0.2) is 29.2 Å². The highest BCUT2D eigenvalue weighted by molar-refractivity contribution is 7.89. The Morgan fingerprint density at radius 2 is 1.57 bits per heavy atom. The van der Waals surface area contributed by atoms with Crippen LogP contribution in [-0.2, 0) is 10.0 Å². The number of rotatable bonds is 5. The van der Waals surface area contributed by atoms with E-state index in [1.807, 2.05) is 19.1 Å². The molecule has 2 rings (SSSR count).